The molecule has 0 saturated carbocycles. The third-order valence-corrected chi connectivity index (χ3v) is 1.74. The van der Waals surface area contributed by atoms with Crippen LogP contribution in [0.3, 0.4) is 0 Å². The maximum absolute atomic E-state index is 5.41. The summed E-state index contributed by atoms with van der Waals surface area (Å²) in [7, 11) is 0. The predicted octanol–water partition coefficient (Wildman–Crippen LogP) is 0.293. The molecule has 0 aliphatic rings. The fraction of sp³-hybridized carbons (Fsp3) is 0.778. The zero-order chi connectivity index (χ0) is 10.2. The smallest absolute Gasteiger partial charge is 0.0692 e. The molecule has 1 aromatic rings. The number of aromatic nitrogens is 3. The molecule has 80 valence electrons. The number of ether oxygens (including phenoxy) is 1. The van der Waals surface area contributed by atoms with Crippen molar-refractivity contribution in [3.63, 3.8) is 0 Å². The molecule has 0 bridgehead atoms. The van der Waals surface area contributed by atoms with E-state index in [4.69, 9.17) is 4.74 Å². The first-order valence-electron chi connectivity index (χ1n) is 4.94. The van der Waals surface area contributed by atoms with Gasteiger partial charge in [-0.05, 0) is 0 Å². The lowest BCUT2D eigenvalue weighted by atomic mass is 10.4. The van der Waals surface area contributed by atoms with E-state index in [2.05, 4.69) is 29.5 Å². The summed E-state index contributed by atoms with van der Waals surface area (Å²) in [5, 5.41) is 10.8. The molecule has 0 radical (unpaired) electrons. The molecule has 0 fully saturated rings. The van der Waals surface area contributed by atoms with E-state index in [1.165, 1.54) is 0 Å². The van der Waals surface area contributed by atoms with Crippen molar-refractivity contribution in [2.45, 2.75) is 26.4 Å². The molecule has 1 aromatic heterocycles. The Balaban J connectivity index is 1.90. The van der Waals surface area contributed by atoms with E-state index in [1.54, 1.807) is 10.9 Å². The lowest BCUT2D eigenvalue weighted by Crippen LogP contribution is -2.27. The number of nitrogens with one attached hydrogen (secondary N) is 1. The van der Waals surface area contributed by atoms with Gasteiger partial charge in [0.05, 0.1) is 26.0 Å². The van der Waals surface area contributed by atoms with Crippen molar-refractivity contribution in [1.29, 1.82) is 0 Å². The van der Waals surface area contributed by atoms with E-state index in [0.717, 1.165) is 19.7 Å². The van der Waals surface area contributed by atoms with Crippen molar-refractivity contribution in [2.24, 2.45) is 0 Å². The average Bonchev–Trinajstić information content (AvgIpc) is 2.63. The Labute approximate surface area is 84.4 Å². The van der Waals surface area contributed by atoms with Crippen molar-refractivity contribution >= 4 is 0 Å². The second kappa shape index (κ2) is 6.50. The highest BCUT2D eigenvalue weighted by Crippen LogP contribution is 1.83. The molecule has 0 spiro atoms. The molecule has 0 aromatic carbocycles. The zero-order valence-corrected chi connectivity index (χ0v) is 8.81. The highest BCUT2D eigenvalue weighted by atomic mass is 16.5. The van der Waals surface area contributed by atoms with E-state index >= 15 is 0 Å². The molecule has 5 heteroatoms. The average molecular weight is 198 g/mol. The molecule has 14 heavy (non-hydrogen) atoms. The van der Waals surface area contributed by atoms with Gasteiger partial charge >= 0.3 is 0 Å². The summed E-state index contributed by atoms with van der Waals surface area (Å²) in [5.41, 5.74) is 0. The minimum atomic E-state index is 0.522. The van der Waals surface area contributed by atoms with Crippen LogP contribution in [0.4, 0.5) is 0 Å². The van der Waals surface area contributed by atoms with Crippen molar-refractivity contribution < 1.29 is 4.74 Å². The Morgan fingerprint density at radius 2 is 2.29 bits per heavy atom. The van der Waals surface area contributed by atoms with Gasteiger partial charge in [0.2, 0.25) is 0 Å². The lowest BCUT2D eigenvalue weighted by molar-refractivity contribution is 0.124. The van der Waals surface area contributed by atoms with Crippen LogP contribution in [-0.4, -0.2) is 40.8 Å². The van der Waals surface area contributed by atoms with Crippen molar-refractivity contribution in [3.8, 4) is 0 Å². The van der Waals surface area contributed by atoms with Crippen LogP contribution in [0.25, 0.3) is 0 Å². The first-order valence-corrected chi connectivity index (χ1v) is 4.94. The normalized spacial score (nSPS) is 11.1. The molecule has 5 nitrogen and oxygen atoms in total. The zero-order valence-electron chi connectivity index (χ0n) is 8.81. The lowest BCUT2D eigenvalue weighted by Gasteiger charge is -2.08. The molecule has 0 saturated heterocycles. The largest absolute Gasteiger partial charge is 0.378 e. The molecule has 0 amide bonds. The van der Waals surface area contributed by atoms with E-state index in [0.29, 0.717) is 12.6 Å². The van der Waals surface area contributed by atoms with Gasteiger partial charge in [0.15, 0.2) is 0 Å². The number of rotatable bonds is 7. The summed E-state index contributed by atoms with van der Waals surface area (Å²) >= 11 is 0. The van der Waals surface area contributed by atoms with Crippen LogP contribution in [0.15, 0.2) is 12.4 Å². The van der Waals surface area contributed by atoms with Crippen LogP contribution < -0.4 is 5.32 Å². The molecule has 1 heterocycles. The van der Waals surface area contributed by atoms with Gasteiger partial charge in [-0.3, -0.25) is 4.68 Å². The molecule has 0 aliphatic carbocycles. The van der Waals surface area contributed by atoms with Crippen LogP contribution in [0.5, 0.6) is 0 Å². The van der Waals surface area contributed by atoms with E-state index < -0.39 is 0 Å². The second-order valence-corrected chi connectivity index (χ2v) is 3.39. The minimum Gasteiger partial charge on any atom is -0.378 e. The SMILES string of the molecule is CC(C)NCCOCCn1ccnn1. The summed E-state index contributed by atoms with van der Waals surface area (Å²) < 4.78 is 7.17. The predicted molar refractivity (Wildman–Crippen MR) is 54.0 cm³/mol. The summed E-state index contributed by atoms with van der Waals surface area (Å²) in [6.07, 6.45) is 3.50. The number of hydrogen-bond donors (Lipinski definition) is 1. The van der Waals surface area contributed by atoms with Crippen LogP contribution >= 0.6 is 0 Å². The fourth-order valence-electron chi connectivity index (χ4n) is 1.03. The summed E-state index contributed by atoms with van der Waals surface area (Å²) in [5.74, 6) is 0. The van der Waals surface area contributed by atoms with Crippen molar-refractivity contribution in [1.82, 2.24) is 20.3 Å². The highest BCUT2D eigenvalue weighted by Gasteiger charge is 1.93. The molecular formula is C9H18N4O. The van der Waals surface area contributed by atoms with Gasteiger partial charge in [0, 0.05) is 18.8 Å². The molecule has 0 atom stereocenters. The maximum Gasteiger partial charge on any atom is 0.0692 e. The molecule has 0 unspecified atom stereocenters. The highest BCUT2D eigenvalue weighted by molar-refractivity contribution is 4.63. The van der Waals surface area contributed by atoms with Gasteiger partial charge in [0.1, 0.15) is 0 Å². The quantitative estimate of drug-likeness (QED) is 0.640. The topological polar surface area (TPSA) is 52.0 Å². The van der Waals surface area contributed by atoms with E-state index in [-0.39, 0.29) is 0 Å². The van der Waals surface area contributed by atoms with Crippen molar-refractivity contribution in [2.75, 3.05) is 19.8 Å². The third-order valence-electron chi connectivity index (χ3n) is 1.74. The fourth-order valence-corrected chi connectivity index (χ4v) is 1.03. The molecule has 1 N–H and O–H groups in total. The number of nitrogens with zero attached hydrogens (tertiary/aromatic N) is 3. The molecular weight excluding hydrogens is 180 g/mol. The summed E-state index contributed by atoms with van der Waals surface area (Å²) in [6.45, 7) is 7.33. The summed E-state index contributed by atoms with van der Waals surface area (Å²) in [4.78, 5) is 0. The van der Waals surface area contributed by atoms with Gasteiger partial charge in [-0.2, -0.15) is 0 Å². The van der Waals surface area contributed by atoms with Gasteiger partial charge in [-0.1, -0.05) is 19.1 Å². The van der Waals surface area contributed by atoms with Gasteiger partial charge in [-0.25, -0.2) is 0 Å². The van der Waals surface area contributed by atoms with Crippen molar-refractivity contribution in [3.05, 3.63) is 12.4 Å². The Kier molecular flexibility index (Phi) is 5.17. The molecule has 1 rings (SSSR count). The Morgan fingerprint density at radius 3 is 2.93 bits per heavy atom. The first kappa shape index (κ1) is 11.1. The Morgan fingerprint density at radius 1 is 1.43 bits per heavy atom. The Hall–Kier alpha value is -0.940. The second-order valence-electron chi connectivity index (χ2n) is 3.39. The minimum absolute atomic E-state index is 0.522. The van der Waals surface area contributed by atoms with Crippen LogP contribution in [-0.2, 0) is 11.3 Å². The van der Waals surface area contributed by atoms with Crippen LogP contribution in [0.1, 0.15) is 13.8 Å². The molecule has 0 aliphatic heterocycles. The maximum atomic E-state index is 5.41. The Bertz CT molecular complexity index is 223. The number of hydrogen-bond acceptors (Lipinski definition) is 4. The van der Waals surface area contributed by atoms with Crippen LogP contribution in [0, 0.1) is 0 Å². The summed E-state index contributed by atoms with van der Waals surface area (Å²) in [6, 6.07) is 0.522. The third kappa shape index (κ3) is 4.94. The van der Waals surface area contributed by atoms with Gasteiger partial charge < -0.3 is 10.1 Å². The van der Waals surface area contributed by atoms with Gasteiger partial charge in [-0.15, -0.1) is 5.10 Å². The van der Waals surface area contributed by atoms with E-state index in [9.17, 15) is 0 Å². The van der Waals surface area contributed by atoms with Gasteiger partial charge in [0.25, 0.3) is 0 Å². The van der Waals surface area contributed by atoms with Crippen LogP contribution in [0.2, 0.25) is 0 Å². The monoisotopic (exact) mass is 198 g/mol. The van der Waals surface area contributed by atoms with E-state index in [1.807, 2.05) is 6.20 Å². The standard InChI is InChI=1S/C9H18N4O/c1-9(2)10-4-7-14-8-6-13-5-3-11-12-13/h3,5,9-10H,4,6-8H2,1-2H3. The first-order chi connectivity index (χ1) is 6.79.